The number of aryl methyl sites for hydroxylation is 1. The number of benzene rings is 2. The van der Waals surface area contributed by atoms with Crippen LogP contribution < -0.4 is 10.6 Å². The van der Waals surface area contributed by atoms with Crippen molar-refractivity contribution in [1.82, 2.24) is 15.6 Å². The van der Waals surface area contributed by atoms with Gasteiger partial charge in [0.05, 0.1) is 18.7 Å². The predicted molar refractivity (Wildman–Crippen MR) is 133 cm³/mol. The molecule has 0 saturated heterocycles. The zero-order valence-corrected chi connectivity index (χ0v) is 20.4. The van der Waals surface area contributed by atoms with Crippen molar-refractivity contribution in [3.05, 3.63) is 75.2 Å². The normalized spacial score (nSPS) is 13.0. The smallest absolute Gasteiger partial charge is 0.407 e. The number of carboxylic acids is 1. The van der Waals surface area contributed by atoms with Crippen LogP contribution >= 0.6 is 11.3 Å². The number of thiazole rings is 1. The van der Waals surface area contributed by atoms with Gasteiger partial charge in [0.2, 0.25) is 0 Å². The molecule has 35 heavy (non-hydrogen) atoms. The lowest BCUT2D eigenvalue weighted by molar-refractivity contribution is -0.137. The number of ether oxygens (including phenoxy) is 1. The number of fused-ring (bicyclic) bond motifs is 3. The van der Waals surface area contributed by atoms with Gasteiger partial charge >= 0.3 is 12.1 Å². The van der Waals surface area contributed by atoms with Gasteiger partial charge in [-0.15, -0.1) is 11.3 Å². The Morgan fingerprint density at radius 2 is 1.71 bits per heavy atom. The Hall–Kier alpha value is -3.72. The second kappa shape index (κ2) is 10.7. The highest BCUT2D eigenvalue weighted by atomic mass is 32.1. The van der Waals surface area contributed by atoms with Crippen LogP contribution in [0.2, 0.25) is 0 Å². The number of carbonyl (C=O) groups is 3. The minimum atomic E-state index is -0.967. The Kier molecular flexibility index (Phi) is 7.45. The minimum absolute atomic E-state index is 0.0251. The van der Waals surface area contributed by atoms with Gasteiger partial charge in [-0.2, -0.15) is 0 Å². The monoisotopic (exact) mass is 493 g/mol. The number of carbonyl (C=O) groups excluding carboxylic acids is 2. The summed E-state index contributed by atoms with van der Waals surface area (Å²) in [5.41, 5.74) is 5.13. The van der Waals surface area contributed by atoms with E-state index in [0.717, 1.165) is 33.6 Å². The fourth-order valence-electron chi connectivity index (χ4n) is 4.29. The van der Waals surface area contributed by atoms with Gasteiger partial charge in [0.15, 0.2) is 0 Å². The van der Waals surface area contributed by atoms with Gasteiger partial charge in [0.25, 0.3) is 5.91 Å². The summed E-state index contributed by atoms with van der Waals surface area (Å²) in [6.07, 6.45) is -0.194. The molecule has 4 rings (SSSR count). The van der Waals surface area contributed by atoms with Crippen LogP contribution in [0.5, 0.6) is 0 Å². The van der Waals surface area contributed by atoms with Crippen molar-refractivity contribution in [2.24, 2.45) is 0 Å². The van der Waals surface area contributed by atoms with Crippen LogP contribution in [0.4, 0.5) is 4.79 Å². The number of alkyl carbamates (subject to hydrolysis) is 1. The van der Waals surface area contributed by atoms with Crippen molar-refractivity contribution >= 4 is 29.3 Å². The second-order valence-electron chi connectivity index (χ2n) is 8.38. The van der Waals surface area contributed by atoms with E-state index in [-0.39, 0.29) is 31.4 Å². The van der Waals surface area contributed by atoms with Crippen molar-refractivity contribution in [3.8, 4) is 11.1 Å². The third-order valence-electron chi connectivity index (χ3n) is 6.02. The molecular formula is C26H27N3O5S. The molecule has 0 aliphatic heterocycles. The van der Waals surface area contributed by atoms with Crippen LogP contribution in [0.3, 0.4) is 0 Å². The van der Waals surface area contributed by atoms with Crippen LogP contribution in [0.1, 0.15) is 57.2 Å². The maximum absolute atomic E-state index is 12.6. The number of amides is 2. The molecule has 0 unspecified atom stereocenters. The first-order valence-electron chi connectivity index (χ1n) is 11.4. The number of aliphatic carboxylic acids is 1. The number of aromatic nitrogens is 1. The Labute approximate surface area is 207 Å². The van der Waals surface area contributed by atoms with E-state index in [4.69, 9.17) is 9.84 Å². The molecule has 8 nitrogen and oxygen atoms in total. The maximum Gasteiger partial charge on any atom is 0.407 e. The summed E-state index contributed by atoms with van der Waals surface area (Å²) in [5.74, 6) is -1.35. The first kappa shape index (κ1) is 24.4. The average Bonchev–Trinajstić information content (AvgIpc) is 3.38. The van der Waals surface area contributed by atoms with Crippen LogP contribution in [-0.4, -0.2) is 40.7 Å². The van der Waals surface area contributed by atoms with Crippen molar-refractivity contribution in [3.63, 3.8) is 0 Å². The molecule has 9 heteroatoms. The lowest BCUT2D eigenvalue weighted by atomic mass is 9.98. The van der Waals surface area contributed by atoms with Gasteiger partial charge < -0.3 is 20.5 Å². The standard InChI is InChI=1S/C26H27N3O5S/c1-3-16(12-23(30)31)29-25(32)24-15(2)28-22(35-24)13-27-26(33)34-14-21-19-10-6-4-8-17(19)18-9-5-7-11-20(18)21/h4-11,16,21H,3,12-14H2,1-2H3,(H,27,33)(H,29,32)(H,30,31)/t16-/m0/s1. The van der Waals surface area contributed by atoms with E-state index in [9.17, 15) is 14.4 Å². The number of carboxylic acid groups (broad SMARTS) is 1. The molecule has 1 heterocycles. The van der Waals surface area contributed by atoms with Crippen LogP contribution in [0.15, 0.2) is 48.5 Å². The van der Waals surface area contributed by atoms with E-state index in [2.05, 4.69) is 39.9 Å². The van der Waals surface area contributed by atoms with Crippen LogP contribution in [0, 0.1) is 6.92 Å². The van der Waals surface area contributed by atoms with Crippen molar-refractivity contribution in [2.75, 3.05) is 6.61 Å². The number of nitrogens with one attached hydrogen (secondary N) is 2. The van der Waals surface area contributed by atoms with Crippen molar-refractivity contribution < 1.29 is 24.2 Å². The van der Waals surface area contributed by atoms with E-state index in [1.807, 2.05) is 31.2 Å². The number of hydrogen-bond acceptors (Lipinski definition) is 6. The van der Waals surface area contributed by atoms with E-state index >= 15 is 0 Å². The highest BCUT2D eigenvalue weighted by Gasteiger charge is 2.29. The number of nitrogens with zero attached hydrogens (tertiary/aromatic N) is 1. The Balaban J connectivity index is 1.33. The summed E-state index contributed by atoms with van der Waals surface area (Å²) >= 11 is 1.16. The number of hydrogen-bond donors (Lipinski definition) is 3. The molecule has 3 aromatic rings. The van der Waals surface area contributed by atoms with E-state index in [1.54, 1.807) is 6.92 Å². The third-order valence-corrected chi connectivity index (χ3v) is 7.18. The molecular weight excluding hydrogens is 466 g/mol. The summed E-state index contributed by atoms with van der Waals surface area (Å²) in [6.45, 7) is 3.87. The Morgan fingerprint density at radius 1 is 1.09 bits per heavy atom. The summed E-state index contributed by atoms with van der Waals surface area (Å²) in [6, 6.07) is 15.8. The second-order valence-corrected chi connectivity index (χ2v) is 9.46. The van der Waals surface area contributed by atoms with Gasteiger partial charge in [-0.3, -0.25) is 9.59 Å². The van der Waals surface area contributed by atoms with Gasteiger partial charge in [0, 0.05) is 12.0 Å². The SMILES string of the molecule is CC[C@@H](CC(=O)O)NC(=O)c1sc(CNC(=O)OCC2c3ccccc3-c3ccccc32)nc1C. The molecule has 0 radical (unpaired) electrons. The third kappa shape index (κ3) is 5.51. The quantitative estimate of drug-likeness (QED) is 0.405. The van der Waals surface area contributed by atoms with Crippen molar-refractivity contribution in [2.45, 2.75) is 45.2 Å². The van der Waals surface area contributed by atoms with E-state index < -0.39 is 18.1 Å². The zero-order valence-electron chi connectivity index (χ0n) is 19.5. The summed E-state index contributed by atoms with van der Waals surface area (Å²) < 4.78 is 5.54. The van der Waals surface area contributed by atoms with Gasteiger partial charge in [-0.1, -0.05) is 55.5 Å². The molecule has 2 amide bonds. The van der Waals surface area contributed by atoms with Gasteiger partial charge in [0.1, 0.15) is 16.5 Å². The Bertz CT molecular complexity index is 1210. The van der Waals surface area contributed by atoms with Gasteiger partial charge in [-0.05, 0) is 35.6 Å². The van der Waals surface area contributed by atoms with Crippen molar-refractivity contribution in [1.29, 1.82) is 0 Å². The zero-order chi connectivity index (χ0) is 24.9. The topological polar surface area (TPSA) is 118 Å². The first-order chi connectivity index (χ1) is 16.9. The highest BCUT2D eigenvalue weighted by Crippen LogP contribution is 2.44. The number of rotatable bonds is 9. The van der Waals surface area contributed by atoms with Gasteiger partial charge in [-0.25, -0.2) is 9.78 Å². The molecule has 0 spiro atoms. The highest BCUT2D eigenvalue weighted by molar-refractivity contribution is 7.13. The van der Waals surface area contributed by atoms with Crippen LogP contribution in [-0.2, 0) is 16.1 Å². The molecule has 182 valence electrons. The molecule has 0 saturated carbocycles. The fraction of sp³-hybridized carbons (Fsp3) is 0.308. The molecule has 1 atom stereocenters. The lowest BCUT2D eigenvalue weighted by Gasteiger charge is -2.14. The lowest BCUT2D eigenvalue weighted by Crippen LogP contribution is -2.35. The molecule has 1 aromatic heterocycles. The summed E-state index contributed by atoms with van der Waals surface area (Å²) in [7, 11) is 0. The summed E-state index contributed by atoms with van der Waals surface area (Å²) in [5, 5.41) is 15.0. The predicted octanol–water partition coefficient (Wildman–Crippen LogP) is 4.47. The minimum Gasteiger partial charge on any atom is -0.481 e. The molecule has 1 aliphatic rings. The molecule has 0 bridgehead atoms. The maximum atomic E-state index is 12.6. The molecule has 3 N–H and O–H groups in total. The largest absolute Gasteiger partial charge is 0.481 e. The molecule has 2 aromatic carbocycles. The Morgan fingerprint density at radius 3 is 2.31 bits per heavy atom. The van der Waals surface area contributed by atoms with E-state index in [0.29, 0.717) is 22.0 Å². The molecule has 0 fully saturated rings. The first-order valence-corrected chi connectivity index (χ1v) is 12.3. The average molecular weight is 494 g/mol. The van der Waals surface area contributed by atoms with E-state index in [1.165, 1.54) is 0 Å². The fourth-order valence-corrected chi connectivity index (χ4v) is 5.20. The van der Waals surface area contributed by atoms with Crippen LogP contribution in [0.25, 0.3) is 11.1 Å². The summed E-state index contributed by atoms with van der Waals surface area (Å²) in [4.78, 5) is 40.7. The molecule has 1 aliphatic carbocycles.